The van der Waals surface area contributed by atoms with E-state index in [4.69, 9.17) is 18.6 Å². The molecular weight excluding hydrogens is 558 g/mol. The van der Waals surface area contributed by atoms with Gasteiger partial charge in [0.15, 0.2) is 17.3 Å². The Labute approximate surface area is 255 Å². The normalized spacial score (nSPS) is 11.2. The van der Waals surface area contributed by atoms with Gasteiger partial charge in [0, 0.05) is 23.2 Å². The zero-order valence-electron chi connectivity index (χ0n) is 24.5. The lowest BCUT2D eigenvalue weighted by Gasteiger charge is -2.10. The van der Waals surface area contributed by atoms with Crippen molar-refractivity contribution < 1.29 is 28.2 Å². The zero-order valence-corrected chi connectivity index (χ0v) is 24.5. The Morgan fingerprint density at radius 1 is 0.864 bits per heavy atom. The fraction of sp³-hybridized carbons (Fsp3) is 0.114. The van der Waals surface area contributed by atoms with Crippen LogP contribution in [0.2, 0.25) is 0 Å². The first-order chi connectivity index (χ1) is 21.4. The van der Waals surface area contributed by atoms with Gasteiger partial charge >= 0.3 is 11.9 Å². The van der Waals surface area contributed by atoms with Crippen molar-refractivity contribution in [2.24, 2.45) is 5.10 Å². The summed E-state index contributed by atoms with van der Waals surface area (Å²) < 4.78 is 24.4. The first-order valence-electron chi connectivity index (χ1n) is 13.8. The number of ether oxygens (including phenoxy) is 3. The molecule has 0 aliphatic carbocycles. The smallest absolute Gasteiger partial charge is 0.336 e. The maximum Gasteiger partial charge on any atom is 0.336 e. The molecule has 5 rings (SSSR count). The van der Waals surface area contributed by atoms with Crippen molar-refractivity contribution in [3.05, 3.63) is 137 Å². The fourth-order valence-corrected chi connectivity index (χ4v) is 4.44. The highest BCUT2D eigenvalue weighted by Crippen LogP contribution is 2.28. The third-order valence-corrected chi connectivity index (χ3v) is 6.62. The Balaban J connectivity index is 1.12. The summed E-state index contributed by atoms with van der Waals surface area (Å²) in [6.07, 6.45) is 4.45. The minimum Gasteiger partial charge on any atom is -0.493 e. The van der Waals surface area contributed by atoms with Crippen molar-refractivity contribution in [2.75, 3.05) is 7.11 Å². The molecule has 0 atom stereocenters. The van der Waals surface area contributed by atoms with E-state index in [1.807, 2.05) is 54.6 Å². The number of benzene rings is 3. The quantitative estimate of drug-likeness (QED) is 0.0608. The molecule has 5 aromatic rings. The van der Waals surface area contributed by atoms with Crippen LogP contribution in [0.4, 0.5) is 0 Å². The third-order valence-electron chi connectivity index (χ3n) is 6.62. The highest BCUT2D eigenvalue weighted by Gasteiger charge is 2.12. The molecule has 9 heteroatoms. The standard InChI is InChI=1S/C35H31N3O6/c1-24-9-10-25(2)38(24)28-13-15-29(16-14-28)42-23-30-17-19-32(43-30)35(40)37-36-22-27-11-18-31(33(21-27)41-3)44-34(39)20-12-26-7-5-4-6-8-26/h4-22H,23H2,1-3H3,(H,37,40)/b20-12+,36-22+. The van der Waals surface area contributed by atoms with Crippen LogP contribution >= 0.6 is 0 Å². The molecule has 1 N–H and O–H groups in total. The van der Waals surface area contributed by atoms with E-state index in [2.05, 4.69) is 41.1 Å². The van der Waals surface area contributed by atoms with E-state index >= 15 is 0 Å². The molecule has 0 spiro atoms. The van der Waals surface area contributed by atoms with E-state index in [9.17, 15) is 9.59 Å². The molecular formula is C35H31N3O6. The fourth-order valence-electron chi connectivity index (χ4n) is 4.44. The average Bonchev–Trinajstić information content (AvgIpc) is 3.66. The van der Waals surface area contributed by atoms with E-state index in [0.717, 1.165) is 22.6 Å². The van der Waals surface area contributed by atoms with Crippen molar-refractivity contribution in [2.45, 2.75) is 20.5 Å². The molecule has 3 aromatic carbocycles. The summed E-state index contributed by atoms with van der Waals surface area (Å²) in [5, 5.41) is 4.00. The molecule has 44 heavy (non-hydrogen) atoms. The largest absolute Gasteiger partial charge is 0.493 e. The van der Waals surface area contributed by atoms with Crippen LogP contribution in [0.3, 0.4) is 0 Å². The van der Waals surface area contributed by atoms with Crippen molar-refractivity contribution in [3.8, 4) is 22.9 Å². The van der Waals surface area contributed by atoms with Gasteiger partial charge in [-0.05, 0) is 97.8 Å². The predicted octanol–water partition coefficient (Wildman–Crippen LogP) is 6.66. The number of esters is 1. The molecule has 9 nitrogen and oxygen atoms in total. The van der Waals surface area contributed by atoms with Gasteiger partial charge in [0.05, 0.1) is 13.3 Å². The topological polar surface area (TPSA) is 104 Å². The molecule has 222 valence electrons. The molecule has 0 radical (unpaired) electrons. The van der Waals surface area contributed by atoms with E-state index in [0.29, 0.717) is 22.8 Å². The summed E-state index contributed by atoms with van der Waals surface area (Å²) in [7, 11) is 1.47. The molecule has 1 amide bonds. The SMILES string of the molecule is COc1cc(/C=N/NC(=O)c2ccc(COc3ccc(-n4c(C)ccc4C)cc3)o2)ccc1OC(=O)/C=C/c1ccccc1. The van der Waals surface area contributed by atoms with Crippen LogP contribution in [0.15, 0.2) is 113 Å². The van der Waals surface area contributed by atoms with Crippen LogP contribution < -0.4 is 19.6 Å². The van der Waals surface area contributed by atoms with Gasteiger partial charge in [-0.2, -0.15) is 5.10 Å². The van der Waals surface area contributed by atoms with Gasteiger partial charge in [-0.15, -0.1) is 0 Å². The number of carbonyl (C=O) groups is 2. The van der Waals surface area contributed by atoms with E-state index in [1.54, 1.807) is 36.4 Å². The summed E-state index contributed by atoms with van der Waals surface area (Å²) in [6, 6.07) is 29.5. The molecule has 0 fully saturated rings. The van der Waals surface area contributed by atoms with Crippen LogP contribution in [0.25, 0.3) is 11.8 Å². The number of carbonyl (C=O) groups excluding carboxylic acids is 2. The monoisotopic (exact) mass is 589 g/mol. The maximum atomic E-state index is 12.5. The second kappa shape index (κ2) is 13.9. The van der Waals surface area contributed by atoms with Crippen LogP contribution in [0.5, 0.6) is 17.2 Å². The van der Waals surface area contributed by atoms with Gasteiger partial charge in [0.2, 0.25) is 0 Å². The van der Waals surface area contributed by atoms with E-state index in [1.165, 1.54) is 19.4 Å². The molecule has 2 heterocycles. The molecule has 2 aromatic heterocycles. The van der Waals surface area contributed by atoms with E-state index in [-0.39, 0.29) is 18.1 Å². The summed E-state index contributed by atoms with van der Waals surface area (Å²) in [5.74, 6) is 0.803. The Morgan fingerprint density at radius 2 is 1.61 bits per heavy atom. The molecule has 0 saturated carbocycles. The highest BCUT2D eigenvalue weighted by molar-refractivity contribution is 5.92. The Morgan fingerprint density at radius 3 is 2.34 bits per heavy atom. The van der Waals surface area contributed by atoms with Crippen molar-refractivity contribution in [1.82, 2.24) is 9.99 Å². The van der Waals surface area contributed by atoms with Gasteiger partial charge in [0.1, 0.15) is 18.1 Å². The maximum absolute atomic E-state index is 12.5. The lowest BCUT2D eigenvalue weighted by molar-refractivity contribution is -0.129. The highest BCUT2D eigenvalue weighted by atomic mass is 16.6. The van der Waals surface area contributed by atoms with Gasteiger partial charge in [-0.1, -0.05) is 30.3 Å². The number of hydrazone groups is 1. The molecule has 0 saturated heterocycles. The number of hydrogen-bond donors (Lipinski definition) is 1. The van der Waals surface area contributed by atoms with Gasteiger partial charge in [-0.25, -0.2) is 10.2 Å². The number of nitrogens with one attached hydrogen (secondary N) is 1. The predicted molar refractivity (Wildman–Crippen MR) is 167 cm³/mol. The van der Waals surface area contributed by atoms with Crippen LogP contribution in [0.1, 0.15) is 38.8 Å². The summed E-state index contributed by atoms with van der Waals surface area (Å²) in [5.41, 5.74) is 7.30. The second-order valence-electron chi connectivity index (χ2n) is 9.77. The van der Waals surface area contributed by atoms with Crippen molar-refractivity contribution in [1.29, 1.82) is 0 Å². The van der Waals surface area contributed by atoms with Crippen molar-refractivity contribution >= 4 is 24.2 Å². The number of rotatable bonds is 11. The number of methoxy groups -OCH3 is 1. The van der Waals surface area contributed by atoms with E-state index < -0.39 is 11.9 Å². The number of furan rings is 1. The first kappa shape index (κ1) is 29.7. The number of aryl methyl sites for hydroxylation is 2. The number of hydrogen-bond acceptors (Lipinski definition) is 7. The Bertz CT molecular complexity index is 1780. The number of nitrogens with zero attached hydrogens (tertiary/aromatic N) is 2. The van der Waals surface area contributed by atoms with Gasteiger partial charge < -0.3 is 23.2 Å². The minimum absolute atomic E-state index is 0.0954. The molecule has 0 unspecified atom stereocenters. The first-order valence-corrected chi connectivity index (χ1v) is 13.8. The van der Waals surface area contributed by atoms with Crippen LogP contribution in [0, 0.1) is 13.8 Å². The zero-order chi connectivity index (χ0) is 30.9. The molecule has 0 aliphatic rings. The minimum atomic E-state index is -0.542. The lowest BCUT2D eigenvalue weighted by atomic mass is 10.2. The molecule has 0 aliphatic heterocycles. The number of amides is 1. The second-order valence-corrected chi connectivity index (χ2v) is 9.77. The third kappa shape index (κ3) is 7.51. The van der Waals surface area contributed by atoms with Gasteiger partial charge in [-0.3, -0.25) is 4.79 Å². The lowest BCUT2D eigenvalue weighted by Crippen LogP contribution is -2.16. The summed E-state index contributed by atoms with van der Waals surface area (Å²) in [6.45, 7) is 4.29. The van der Waals surface area contributed by atoms with Crippen LogP contribution in [-0.4, -0.2) is 29.8 Å². The van der Waals surface area contributed by atoms with Crippen molar-refractivity contribution in [3.63, 3.8) is 0 Å². The number of aromatic nitrogens is 1. The summed E-state index contributed by atoms with van der Waals surface area (Å²) >= 11 is 0. The average molecular weight is 590 g/mol. The Hall–Kier alpha value is -5.83. The van der Waals surface area contributed by atoms with Crippen LogP contribution in [-0.2, 0) is 11.4 Å². The molecule has 0 bridgehead atoms. The summed E-state index contributed by atoms with van der Waals surface area (Å²) in [4.78, 5) is 24.8. The Kier molecular flexibility index (Phi) is 9.36. The van der Waals surface area contributed by atoms with Gasteiger partial charge in [0.25, 0.3) is 0 Å².